The molecule has 0 amide bonds. The molecule has 1 saturated heterocycles. The van der Waals surface area contributed by atoms with Crippen molar-refractivity contribution in [1.82, 2.24) is 19.6 Å². The number of piperazine rings is 1. The second-order valence-electron chi connectivity index (χ2n) is 9.04. The minimum absolute atomic E-state index is 0. The predicted molar refractivity (Wildman–Crippen MR) is 131 cm³/mol. The number of nitrogens with zero attached hydrogens (tertiary/aromatic N) is 4. The molecule has 2 heterocycles. The molecule has 0 unspecified atom stereocenters. The number of nitrogens with one attached hydrogen (secondary N) is 1. The molecule has 1 aromatic carbocycles. The van der Waals surface area contributed by atoms with E-state index in [0.29, 0.717) is 0 Å². The van der Waals surface area contributed by atoms with Crippen LogP contribution in [0.15, 0.2) is 36.7 Å². The Bertz CT molecular complexity index is 843. The normalized spacial score (nSPS) is 18.4. The highest BCUT2D eigenvalue weighted by molar-refractivity contribution is 7.84. The summed E-state index contributed by atoms with van der Waals surface area (Å²) in [7, 11) is 0.886. The van der Waals surface area contributed by atoms with E-state index in [2.05, 4.69) is 69.7 Å². The summed E-state index contributed by atoms with van der Waals surface area (Å²) in [6.07, 6.45) is 3.74. The summed E-state index contributed by atoms with van der Waals surface area (Å²) in [6.45, 7) is 13.9. The van der Waals surface area contributed by atoms with Gasteiger partial charge in [0.15, 0.2) is 0 Å². The zero-order valence-corrected chi connectivity index (χ0v) is 20.7. The Morgan fingerprint density at radius 2 is 1.47 bits per heavy atom. The molecule has 0 saturated carbocycles. The van der Waals surface area contributed by atoms with E-state index in [0.717, 1.165) is 43.3 Å². The molecule has 1 aliphatic heterocycles. The van der Waals surface area contributed by atoms with Gasteiger partial charge in [0.2, 0.25) is 5.95 Å². The van der Waals surface area contributed by atoms with E-state index in [1.165, 1.54) is 5.56 Å². The maximum atomic E-state index is 13.0. The molecular weight excluding hydrogens is 414 g/mol. The second kappa shape index (κ2) is 9.77. The van der Waals surface area contributed by atoms with E-state index in [9.17, 15) is 4.21 Å². The van der Waals surface area contributed by atoms with Gasteiger partial charge in [-0.2, -0.15) is 13.5 Å². The Morgan fingerprint density at radius 1 is 0.933 bits per heavy atom. The highest BCUT2D eigenvalue weighted by Gasteiger charge is 2.35. The summed E-state index contributed by atoms with van der Waals surface area (Å²) in [4.78, 5) is 13.9. The van der Waals surface area contributed by atoms with Crippen LogP contribution < -0.4 is 9.62 Å². The van der Waals surface area contributed by atoms with Crippen LogP contribution in [0, 0.1) is 6.92 Å². The molecular formula is C22H35N5OS2. The Labute approximate surface area is 190 Å². The topological polar surface area (TPSA) is 61.4 Å². The number of anilines is 1. The van der Waals surface area contributed by atoms with Crippen molar-refractivity contribution in [2.24, 2.45) is 0 Å². The van der Waals surface area contributed by atoms with E-state index >= 15 is 0 Å². The number of aryl methyl sites for hydroxylation is 1. The van der Waals surface area contributed by atoms with Gasteiger partial charge in [0.05, 0.1) is 21.3 Å². The van der Waals surface area contributed by atoms with Crippen LogP contribution in [0.5, 0.6) is 0 Å². The first kappa shape index (κ1) is 24.8. The van der Waals surface area contributed by atoms with Gasteiger partial charge in [-0.05, 0) is 47.2 Å². The van der Waals surface area contributed by atoms with Gasteiger partial charge in [0.25, 0.3) is 0 Å². The van der Waals surface area contributed by atoms with Crippen LogP contribution in [0.25, 0.3) is 0 Å². The van der Waals surface area contributed by atoms with Crippen molar-refractivity contribution in [3.63, 3.8) is 0 Å². The molecule has 1 aliphatic rings. The quantitative estimate of drug-likeness (QED) is 0.760. The largest absolute Gasteiger partial charge is 0.338 e. The highest BCUT2D eigenvalue weighted by Crippen LogP contribution is 2.31. The first-order valence-corrected chi connectivity index (χ1v) is 11.3. The molecule has 1 aromatic heterocycles. The van der Waals surface area contributed by atoms with Crippen molar-refractivity contribution in [2.75, 3.05) is 38.1 Å². The summed E-state index contributed by atoms with van der Waals surface area (Å²) in [5, 5.41) is 0. The Balaban J connectivity index is 0.00000320. The minimum atomic E-state index is -1.25. The third-order valence-corrected chi connectivity index (χ3v) is 7.19. The van der Waals surface area contributed by atoms with E-state index in [-0.39, 0.29) is 18.2 Å². The average Bonchev–Trinajstić information content (AvgIpc) is 2.68. The lowest BCUT2D eigenvalue weighted by molar-refractivity contribution is 0.311. The van der Waals surface area contributed by atoms with Gasteiger partial charge in [0.1, 0.15) is 0 Å². The molecule has 166 valence electrons. The fourth-order valence-corrected chi connectivity index (χ4v) is 4.17. The molecule has 0 aliphatic carbocycles. The smallest absolute Gasteiger partial charge is 0.225 e. The molecule has 0 spiro atoms. The van der Waals surface area contributed by atoms with E-state index in [1.807, 2.05) is 33.2 Å². The van der Waals surface area contributed by atoms with Crippen LogP contribution in [-0.2, 0) is 16.5 Å². The highest BCUT2D eigenvalue weighted by atomic mass is 32.2. The zero-order valence-electron chi connectivity index (χ0n) is 18.9. The minimum Gasteiger partial charge on any atom is -0.338 e. The molecule has 2 aromatic rings. The van der Waals surface area contributed by atoms with E-state index in [4.69, 9.17) is 0 Å². The van der Waals surface area contributed by atoms with Gasteiger partial charge in [-0.1, -0.05) is 29.8 Å². The van der Waals surface area contributed by atoms with Crippen LogP contribution in [0.1, 0.15) is 44.4 Å². The van der Waals surface area contributed by atoms with Crippen molar-refractivity contribution in [1.29, 1.82) is 0 Å². The Hall–Kier alpha value is -1.48. The molecule has 8 heteroatoms. The summed E-state index contributed by atoms with van der Waals surface area (Å²) >= 11 is 0. The van der Waals surface area contributed by atoms with Gasteiger partial charge < -0.3 is 9.80 Å². The van der Waals surface area contributed by atoms with E-state index in [1.54, 1.807) is 0 Å². The summed E-state index contributed by atoms with van der Waals surface area (Å²) in [5.74, 6) is 0.755. The second-order valence-corrected chi connectivity index (χ2v) is 11.0. The summed E-state index contributed by atoms with van der Waals surface area (Å²) in [5.41, 5.74) is 2.47. The maximum absolute atomic E-state index is 13.0. The molecule has 6 nitrogen and oxygen atoms in total. The van der Waals surface area contributed by atoms with Crippen molar-refractivity contribution < 1.29 is 4.21 Å². The lowest BCUT2D eigenvalue weighted by atomic mass is 9.87. The molecule has 0 radical (unpaired) electrons. The van der Waals surface area contributed by atoms with Gasteiger partial charge >= 0.3 is 0 Å². The van der Waals surface area contributed by atoms with Crippen LogP contribution in [0.2, 0.25) is 0 Å². The monoisotopic (exact) mass is 449 g/mol. The van der Waals surface area contributed by atoms with Gasteiger partial charge in [-0.3, -0.25) is 0 Å². The third-order valence-electron chi connectivity index (χ3n) is 5.48. The lowest BCUT2D eigenvalue weighted by Crippen LogP contribution is -2.47. The molecule has 1 fully saturated rings. The number of rotatable bonds is 5. The van der Waals surface area contributed by atoms with Crippen molar-refractivity contribution in [3.8, 4) is 0 Å². The van der Waals surface area contributed by atoms with Crippen LogP contribution >= 0.6 is 13.5 Å². The summed E-state index contributed by atoms with van der Waals surface area (Å²) < 4.78 is 16.0. The van der Waals surface area contributed by atoms with Gasteiger partial charge in [-0.15, -0.1) is 0 Å². The standard InChI is InChI=1S/C22H33N5OS.H2S/c1-17-7-9-18(10-8-17)22(5,25-29(28)21(2,3)4)19-15-23-20(24-16-19)27-13-11-26(6)12-14-27;/h7-10,15-16,25H,11-14H2,1-6H3;1H2/t22-,29-;/m0./s1. The number of likely N-dealkylation sites (N-methyl/N-ethyl adjacent to an activating group) is 1. The molecule has 0 bridgehead atoms. The van der Waals surface area contributed by atoms with Crippen LogP contribution in [0.4, 0.5) is 5.95 Å². The average molecular weight is 450 g/mol. The first-order valence-electron chi connectivity index (χ1n) is 10.1. The number of hydrogen-bond acceptors (Lipinski definition) is 5. The molecule has 30 heavy (non-hydrogen) atoms. The lowest BCUT2D eigenvalue weighted by Gasteiger charge is -2.35. The van der Waals surface area contributed by atoms with E-state index < -0.39 is 16.5 Å². The van der Waals surface area contributed by atoms with Crippen molar-refractivity contribution in [3.05, 3.63) is 53.3 Å². The maximum Gasteiger partial charge on any atom is 0.225 e. The third kappa shape index (κ3) is 5.60. The van der Waals surface area contributed by atoms with Crippen molar-refractivity contribution >= 4 is 30.4 Å². The fraction of sp³-hybridized carbons (Fsp3) is 0.545. The van der Waals surface area contributed by atoms with Crippen molar-refractivity contribution in [2.45, 2.75) is 44.9 Å². The molecule has 1 N–H and O–H groups in total. The number of hydrogen-bond donors (Lipinski definition) is 1. The summed E-state index contributed by atoms with van der Waals surface area (Å²) in [6, 6.07) is 8.32. The molecule has 2 atom stereocenters. The predicted octanol–water partition coefficient (Wildman–Crippen LogP) is 2.96. The number of aromatic nitrogens is 2. The van der Waals surface area contributed by atoms with Gasteiger partial charge in [-0.25, -0.2) is 18.9 Å². The fourth-order valence-electron chi connectivity index (χ4n) is 3.26. The van der Waals surface area contributed by atoms with Gasteiger partial charge in [0, 0.05) is 44.1 Å². The first-order chi connectivity index (χ1) is 13.6. The van der Waals surface area contributed by atoms with Crippen LogP contribution in [0.3, 0.4) is 0 Å². The van der Waals surface area contributed by atoms with Crippen LogP contribution in [-0.4, -0.2) is 57.1 Å². The molecule has 3 rings (SSSR count). The number of benzene rings is 1. The Kier molecular flexibility index (Phi) is 8.07. The zero-order chi connectivity index (χ0) is 21.2. The SMILES string of the molecule is Cc1ccc([C@](C)(N[S@@](=O)C(C)(C)C)c2cnc(N3CCN(C)CC3)nc2)cc1.S. The Morgan fingerprint density at radius 3 is 1.97 bits per heavy atom.